The fourth-order valence-electron chi connectivity index (χ4n) is 1.93. The highest BCUT2D eigenvalue weighted by molar-refractivity contribution is 5.58. The summed E-state index contributed by atoms with van der Waals surface area (Å²) in [7, 11) is 0.500. The number of nitrogens with one attached hydrogen (secondary N) is 2. The maximum Gasteiger partial charge on any atom is 0.325 e. The van der Waals surface area contributed by atoms with Gasteiger partial charge in [0.1, 0.15) is 11.8 Å². The molecule has 0 bridgehead atoms. The number of alkyl halides is 1. The van der Waals surface area contributed by atoms with Gasteiger partial charge in [-0.2, -0.15) is 5.26 Å². The zero-order valence-corrected chi connectivity index (χ0v) is 11.6. The molecule has 1 saturated carbocycles. The minimum atomic E-state index is -0.572. The number of nitrogens with zero attached hydrogens (tertiary/aromatic N) is 3. The second-order valence-corrected chi connectivity index (χ2v) is 4.41. The highest BCUT2D eigenvalue weighted by Gasteiger charge is 2.28. The van der Waals surface area contributed by atoms with Crippen LogP contribution >= 0.6 is 0 Å². The second-order valence-electron chi connectivity index (χ2n) is 4.41. The molecule has 22 heavy (non-hydrogen) atoms. The summed E-state index contributed by atoms with van der Waals surface area (Å²) < 4.78 is 9.50. The van der Waals surface area contributed by atoms with Crippen LogP contribution in [0.2, 0.25) is 0 Å². The standard InChI is InChI=1S/C12H9N5O2.CH3F.FH.2H2/c13-4-10-7(6-1-2-6)3-9(16-17-10)8-5-14-12(19)15-11(8)18;1-2;;;/h3,5-6H,1-2H2,(H2,14,15,18,19);1H3;3*1H. The fourth-order valence-corrected chi connectivity index (χ4v) is 1.93. The minimum absolute atomic E-state index is 0. The molecule has 1 aliphatic carbocycles. The zero-order chi connectivity index (χ0) is 15.4. The molecule has 2 N–H and O–H groups in total. The molecule has 2 aromatic rings. The Morgan fingerprint density at radius 1 is 1.36 bits per heavy atom. The third-order valence-corrected chi connectivity index (χ3v) is 3.04. The number of nitriles is 1. The SMILES string of the molecule is CF.F.N#Cc1nnc(-c2c[nH]c(=O)[nH]c2=O)cc1C1CC1.[HH].[HH]. The van der Waals surface area contributed by atoms with Crippen molar-refractivity contribution in [2.75, 3.05) is 7.18 Å². The van der Waals surface area contributed by atoms with Crippen molar-refractivity contribution < 1.29 is 11.9 Å². The van der Waals surface area contributed by atoms with Crippen molar-refractivity contribution in [3.05, 3.63) is 44.4 Å². The van der Waals surface area contributed by atoms with E-state index in [4.69, 9.17) is 5.26 Å². The lowest BCUT2D eigenvalue weighted by molar-refractivity contribution is 0.636. The van der Waals surface area contributed by atoms with Crippen LogP contribution in [0.1, 0.15) is 32.9 Å². The van der Waals surface area contributed by atoms with Gasteiger partial charge in [0.25, 0.3) is 5.56 Å². The molecular weight excluding hydrogens is 296 g/mol. The van der Waals surface area contributed by atoms with Crippen molar-refractivity contribution in [3.8, 4) is 17.3 Å². The van der Waals surface area contributed by atoms with Crippen molar-refractivity contribution >= 4 is 0 Å². The first-order chi connectivity index (χ1) is 10.2. The van der Waals surface area contributed by atoms with E-state index in [-0.39, 0.29) is 13.1 Å². The molecule has 3 rings (SSSR count). The van der Waals surface area contributed by atoms with E-state index in [9.17, 15) is 14.0 Å². The molecule has 1 aliphatic rings. The Labute approximate surface area is 126 Å². The van der Waals surface area contributed by atoms with E-state index >= 15 is 0 Å². The molecule has 0 saturated heterocycles. The molecule has 0 amide bonds. The van der Waals surface area contributed by atoms with Crippen molar-refractivity contribution in [3.63, 3.8) is 0 Å². The van der Waals surface area contributed by atoms with E-state index < -0.39 is 11.2 Å². The Morgan fingerprint density at radius 2 is 2.05 bits per heavy atom. The van der Waals surface area contributed by atoms with E-state index in [1.807, 2.05) is 6.07 Å². The Bertz CT molecular complexity index is 815. The zero-order valence-electron chi connectivity index (χ0n) is 11.6. The quantitative estimate of drug-likeness (QED) is 0.871. The van der Waals surface area contributed by atoms with Crippen LogP contribution in [0.4, 0.5) is 9.09 Å². The molecule has 2 heterocycles. The van der Waals surface area contributed by atoms with Crippen LogP contribution in [0, 0.1) is 11.3 Å². The summed E-state index contributed by atoms with van der Waals surface area (Å²) in [5.41, 5.74) is 0.615. The molecule has 7 nitrogen and oxygen atoms in total. The van der Waals surface area contributed by atoms with Crippen LogP contribution < -0.4 is 11.2 Å². The third-order valence-electron chi connectivity index (χ3n) is 3.04. The Morgan fingerprint density at radius 3 is 2.59 bits per heavy atom. The van der Waals surface area contributed by atoms with Crippen LogP contribution in [0.3, 0.4) is 0 Å². The van der Waals surface area contributed by atoms with Crippen LogP contribution in [0.25, 0.3) is 11.3 Å². The van der Waals surface area contributed by atoms with E-state index in [0.29, 0.717) is 24.5 Å². The Kier molecular flexibility index (Phi) is 5.63. The number of hydrogen-bond acceptors (Lipinski definition) is 5. The molecule has 120 valence electrons. The maximum atomic E-state index is 11.7. The Balaban J connectivity index is 0. The van der Waals surface area contributed by atoms with E-state index in [2.05, 4.69) is 20.2 Å². The summed E-state index contributed by atoms with van der Waals surface area (Å²) >= 11 is 0. The van der Waals surface area contributed by atoms with Gasteiger partial charge in [0.05, 0.1) is 12.7 Å². The summed E-state index contributed by atoms with van der Waals surface area (Å²) in [6, 6.07) is 3.70. The maximum absolute atomic E-state index is 11.7. The van der Waals surface area contributed by atoms with Crippen molar-refractivity contribution in [1.82, 2.24) is 20.2 Å². The second kappa shape index (κ2) is 7.21. The van der Waals surface area contributed by atoms with Gasteiger partial charge < -0.3 is 4.98 Å². The molecule has 0 radical (unpaired) electrons. The van der Waals surface area contributed by atoms with Gasteiger partial charge in [0.15, 0.2) is 5.69 Å². The lowest BCUT2D eigenvalue weighted by atomic mass is 10.1. The van der Waals surface area contributed by atoms with Gasteiger partial charge >= 0.3 is 5.69 Å². The summed E-state index contributed by atoms with van der Waals surface area (Å²) in [5, 5.41) is 16.7. The first-order valence-corrected chi connectivity index (χ1v) is 6.17. The molecule has 1 fully saturated rings. The van der Waals surface area contributed by atoms with E-state index in [0.717, 1.165) is 18.4 Å². The largest absolute Gasteiger partial charge is 0.325 e. The highest BCUT2D eigenvalue weighted by Crippen LogP contribution is 2.41. The summed E-state index contributed by atoms with van der Waals surface area (Å²) in [6.45, 7) is 0. The normalized spacial score (nSPS) is 12.4. The average molecular weight is 313 g/mol. The summed E-state index contributed by atoms with van der Waals surface area (Å²) in [4.78, 5) is 27.2. The molecule has 2 aromatic heterocycles. The van der Waals surface area contributed by atoms with Crippen molar-refractivity contribution in [2.45, 2.75) is 18.8 Å². The van der Waals surface area contributed by atoms with Crippen molar-refractivity contribution in [2.24, 2.45) is 0 Å². The average Bonchev–Trinajstić information content (AvgIpc) is 3.33. The monoisotopic (exact) mass is 313 g/mol. The van der Waals surface area contributed by atoms with Crippen LogP contribution in [-0.4, -0.2) is 27.3 Å². The van der Waals surface area contributed by atoms with E-state index in [1.165, 1.54) is 6.20 Å². The van der Waals surface area contributed by atoms with Gasteiger partial charge in [-0.25, -0.2) is 4.79 Å². The van der Waals surface area contributed by atoms with Crippen molar-refractivity contribution in [1.29, 1.82) is 5.26 Å². The number of halogens is 2. The van der Waals surface area contributed by atoms with Gasteiger partial charge in [-0.05, 0) is 30.4 Å². The smallest absolute Gasteiger partial charge is 0.313 e. The predicted octanol–water partition coefficient (Wildman–Crippen LogP) is 1.50. The molecule has 0 spiro atoms. The van der Waals surface area contributed by atoms with Gasteiger partial charge in [-0.15, -0.1) is 10.2 Å². The lowest BCUT2D eigenvalue weighted by Crippen LogP contribution is -2.23. The molecular formula is C13H17F2N5O2. The van der Waals surface area contributed by atoms with Gasteiger partial charge in [0.2, 0.25) is 0 Å². The molecule has 0 unspecified atom stereocenters. The number of hydrogen-bond donors (Lipinski definition) is 2. The number of aromatic amines is 2. The highest BCUT2D eigenvalue weighted by atomic mass is 19.1. The van der Waals surface area contributed by atoms with Crippen LogP contribution in [0.15, 0.2) is 21.9 Å². The van der Waals surface area contributed by atoms with Crippen LogP contribution in [-0.2, 0) is 0 Å². The first kappa shape index (κ1) is 17.2. The lowest BCUT2D eigenvalue weighted by Gasteiger charge is -2.03. The molecule has 9 heteroatoms. The van der Waals surface area contributed by atoms with Gasteiger partial charge in [-0.3, -0.25) is 18.9 Å². The number of aromatic nitrogens is 4. The summed E-state index contributed by atoms with van der Waals surface area (Å²) in [6.07, 6.45) is 3.33. The third kappa shape index (κ3) is 3.41. The molecule has 0 aromatic carbocycles. The number of rotatable bonds is 2. The topological polar surface area (TPSA) is 115 Å². The Hall–Kier alpha value is -2.89. The fraction of sp³-hybridized carbons (Fsp3) is 0.308. The first-order valence-electron chi connectivity index (χ1n) is 6.17. The molecule has 0 aliphatic heterocycles. The summed E-state index contributed by atoms with van der Waals surface area (Å²) in [5.74, 6) is 0.325. The predicted molar refractivity (Wildman–Crippen MR) is 79.2 cm³/mol. The van der Waals surface area contributed by atoms with Gasteiger partial charge in [0, 0.05) is 9.05 Å². The minimum Gasteiger partial charge on any atom is -0.313 e. The molecule has 0 atom stereocenters. The number of H-pyrrole nitrogens is 2. The van der Waals surface area contributed by atoms with Gasteiger partial charge in [-0.1, -0.05) is 0 Å². The van der Waals surface area contributed by atoms with Crippen LogP contribution in [0.5, 0.6) is 0 Å². The van der Waals surface area contributed by atoms with E-state index in [1.54, 1.807) is 6.07 Å².